The van der Waals surface area contributed by atoms with Crippen LogP contribution in [-0.2, 0) is 11.4 Å². The fourth-order valence-corrected chi connectivity index (χ4v) is 1.73. The summed E-state index contributed by atoms with van der Waals surface area (Å²) in [4.78, 5) is 4.77. The third-order valence-electron chi connectivity index (χ3n) is 2.11. The Morgan fingerprint density at radius 1 is 1.43 bits per heavy atom. The van der Waals surface area contributed by atoms with Crippen LogP contribution in [0.4, 0.5) is 0 Å². The number of hydroxylamine groups is 1. The molecule has 78 valence electrons. The molecule has 0 fully saturated rings. The summed E-state index contributed by atoms with van der Waals surface area (Å²) in [5, 5.41) is 0.829. The Labute approximate surface area is 90.2 Å². The molecule has 2 nitrogen and oxygen atoms in total. The maximum absolute atomic E-state index is 6.13. The first-order valence-corrected chi connectivity index (χ1v) is 5.07. The monoisotopic (exact) mass is 213 g/mol. The minimum absolute atomic E-state index is 0.465. The molecule has 0 saturated carbocycles. The second-order valence-corrected chi connectivity index (χ2v) is 3.94. The molecule has 3 heteroatoms. The summed E-state index contributed by atoms with van der Waals surface area (Å²) in [6, 6.07) is 6.11. The average Bonchev–Trinajstić information content (AvgIpc) is 2.14. The Morgan fingerprint density at radius 3 is 2.64 bits per heavy atom. The Morgan fingerprint density at radius 2 is 2.14 bits per heavy atom. The third-order valence-corrected chi connectivity index (χ3v) is 2.43. The molecule has 0 unspecified atom stereocenters. The van der Waals surface area contributed by atoms with E-state index in [1.807, 2.05) is 6.07 Å². The van der Waals surface area contributed by atoms with E-state index in [1.165, 1.54) is 5.56 Å². The number of nitrogens with one attached hydrogen (secondary N) is 1. The number of hydrogen-bond donors (Lipinski definition) is 1. The zero-order chi connectivity index (χ0) is 10.6. The second-order valence-electron chi connectivity index (χ2n) is 3.54. The van der Waals surface area contributed by atoms with Gasteiger partial charge in [0, 0.05) is 11.6 Å². The molecule has 0 amide bonds. The summed E-state index contributed by atoms with van der Waals surface area (Å²) >= 11 is 6.13. The van der Waals surface area contributed by atoms with Crippen LogP contribution in [0.5, 0.6) is 0 Å². The first kappa shape index (κ1) is 11.5. The Kier molecular flexibility index (Phi) is 4.39. The van der Waals surface area contributed by atoms with E-state index in [9.17, 15) is 0 Å². The van der Waals surface area contributed by atoms with Gasteiger partial charge in [0.2, 0.25) is 0 Å². The highest BCUT2D eigenvalue weighted by molar-refractivity contribution is 6.31. The van der Waals surface area contributed by atoms with Gasteiger partial charge < -0.3 is 4.84 Å². The summed E-state index contributed by atoms with van der Waals surface area (Å²) in [6.07, 6.45) is 0. The molecule has 1 aromatic carbocycles. The van der Waals surface area contributed by atoms with Crippen molar-refractivity contribution in [3.8, 4) is 0 Å². The topological polar surface area (TPSA) is 21.3 Å². The summed E-state index contributed by atoms with van der Waals surface area (Å²) in [6.45, 7) is 4.94. The van der Waals surface area contributed by atoms with E-state index in [2.05, 4.69) is 31.5 Å². The number of rotatable bonds is 4. The lowest BCUT2D eigenvalue weighted by atomic mass is 10.0. The van der Waals surface area contributed by atoms with Crippen LogP contribution in [0.1, 0.15) is 30.9 Å². The highest BCUT2D eigenvalue weighted by Gasteiger charge is 2.05. The fraction of sp³-hybridized carbons (Fsp3) is 0.455. The van der Waals surface area contributed by atoms with Gasteiger partial charge in [-0.1, -0.05) is 37.6 Å². The average molecular weight is 214 g/mol. The van der Waals surface area contributed by atoms with Crippen LogP contribution in [-0.4, -0.2) is 7.11 Å². The van der Waals surface area contributed by atoms with Gasteiger partial charge in [0.15, 0.2) is 0 Å². The molecule has 1 aromatic rings. The van der Waals surface area contributed by atoms with Crippen molar-refractivity contribution in [1.29, 1.82) is 0 Å². The quantitative estimate of drug-likeness (QED) is 0.777. The molecule has 0 bridgehead atoms. The molecule has 0 heterocycles. The lowest BCUT2D eigenvalue weighted by Crippen LogP contribution is -2.10. The molecule has 0 saturated heterocycles. The molecule has 1 rings (SSSR count). The van der Waals surface area contributed by atoms with E-state index in [-0.39, 0.29) is 0 Å². The molecule has 0 radical (unpaired) electrons. The van der Waals surface area contributed by atoms with Crippen LogP contribution >= 0.6 is 11.6 Å². The Balaban J connectivity index is 2.78. The van der Waals surface area contributed by atoms with Gasteiger partial charge in [0.1, 0.15) is 0 Å². The van der Waals surface area contributed by atoms with Gasteiger partial charge in [-0.15, -0.1) is 0 Å². The molecule has 0 aromatic heterocycles. The van der Waals surface area contributed by atoms with E-state index < -0.39 is 0 Å². The minimum Gasteiger partial charge on any atom is -0.305 e. The van der Waals surface area contributed by atoms with Gasteiger partial charge in [-0.3, -0.25) is 0 Å². The Hall–Kier alpha value is -0.570. The van der Waals surface area contributed by atoms with Crippen molar-refractivity contribution in [3.63, 3.8) is 0 Å². The van der Waals surface area contributed by atoms with Crippen molar-refractivity contribution >= 4 is 11.6 Å². The van der Waals surface area contributed by atoms with Crippen molar-refractivity contribution < 1.29 is 4.84 Å². The van der Waals surface area contributed by atoms with Crippen molar-refractivity contribution in [2.45, 2.75) is 26.3 Å². The van der Waals surface area contributed by atoms with Crippen LogP contribution in [0.15, 0.2) is 18.2 Å². The molecule has 1 N–H and O–H groups in total. The molecule has 0 aliphatic carbocycles. The number of halogens is 1. The maximum Gasteiger partial charge on any atom is 0.0572 e. The summed E-state index contributed by atoms with van der Waals surface area (Å²) in [7, 11) is 1.60. The van der Waals surface area contributed by atoms with Crippen molar-refractivity contribution in [1.82, 2.24) is 5.48 Å². The predicted octanol–water partition coefficient (Wildman–Crippen LogP) is 3.11. The van der Waals surface area contributed by atoms with Crippen LogP contribution in [0, 0.1) is 0 Å². The maximum atomic E-state index is 6.13. The second kappa shape index (κ2) is 5.35. The molecular weight excluding hydrogens is 198 g/mol. The fourth-order valence-electron chi connectivity index (χ4n) is 1.30. The van der Waals surface area contributed by atoms with Crippen LogP contribution < -0.4 is 5.48 Å². The molecular formula is C11H16ClNO. The van der Waals surface area contributed by atoms with E-state index in [1.54, 1.807) is 7.11 Å². The van der Waals surface area contributed by atoms with Crippen LogP contribution in [0.3, 0.4) is 0 Å². The summed E-state index contributed by atoms with van der Waals surface area (Å²) in [5.41, 5.74) is 5.10. The van der Waals surface area contributed by atoms with E-state index in [0.29, 0.717) is 12.5 Å². The minimum atomic E-state index is 0.465. The van der Waals surface area contributed by atoms with Gasteiger partial charge in [0.05, 0.1) is 7.11 Å². The molecule has 14 heavy (non-hydrogen) atoms. The van der Waals surface area contributed by atoms with E-state index in [0.717, 1.165) is 10.6 Å². The molecule has 0 atom stereocenters. The van der Waals surface area contributed by atoms with Crippen molar-refractivity contribution in [3.05, 3.63) is 34.3 Å². The van der Waals surface area contributed by atoms with Gasteiger partial charge >= 0.3 is 0 Å². The van der Waals surface area contributed by atoms with E-state index in [4.69, 9.17) is 16.4 Å². The zero-order valence-corrected chi connectivity index (χ0v) is 9.56. The Bertz CT molecular complexity index is 299. The molecule has 0 aliphatic heterocycles. The largest absolute Gasteiger partial charge is 0.305 e. The first-order chi connectivity index (χ1) is 6.65. The zero-order valence-electron chi connectivity index (χ0n) is 8.80. The smallest absolute Gasteiger partial charge is 0.0572 e. The highest BCUT2D eigenvalue weighted by Crippen LogP contribution is 2.24. The first-order valence-electron chi connectivity index (χ1n) is 4.69. The number of benzene rings is 1. The molecule has 0 aliphatic rings. The van der Waals surface area contributed by atoms with Crippen LogP contribution in [0.2, 0.25) is 5.02 Å². The van der Waals surface area contributed by atoms with Gasteiger partial charge in [-0.05, 0) is 23.1 Å². The standard InChI is InChI=1S/C11H16ClNO/c1-8(2)10-5-4-9(6-11(10)12)7-13-14-3/h4-6,8,13H,7H2,1-3H3. The van der Waals surface area contributed by atoms with Crippen LogP contribution in [0.25, 0.3) is 0 Å². The lowest BCUT2D eigenvalue weighted by Gasteiger charge is -2.10. The third kappa shape index (κ3) is 2.98. The highest BCUT2D eigenvalue weighted by atomic mass is 35.5. The number of hydrogen-bond acceptors (Lipinski definition) is 2. The van der Waals surface area contributed by atoms with Crippen molar-refractivity contribution in [2.75, 3.05) is 7.11 Å². The SMILES string of the molecule is CONCc1ccc(C(C)C)c(Cl)c1. The predicted molar refractivity (Wildman–Crippen MR) is 59.4 cm³/mol. The summed E-state index contributed by atoms with van der Waals surface area (Å²) in [5.74, 6) is 0.465. The van der Waals surface area contributed by atoms with Gasteiger partial charge in [0.25, 0.3) is 0 Å². The molecule has 0 spiro atoms. The van der Waals surface area contributed by atoms with Gasteiger partial charge in [-0.25, -0.2) is 0 Å². The van der Waals surface area contributed by atoms with Gasteiger partial charge in [-0.2, -0.15) is 5.48 Å². The summed E-state index contributed by atoms with van der Waals surface area (Å²) < 4.78 is 0. The van der Waals surface area contributed by atoms with Crippen molar-refractivity contribution in [2.24, 2.45) is 0 Å². The normalized spacial score (nSPS) is 10.9. The van der Waals surface area contributed by atoms with E-state index >= 15 is 0 Å². The lowest BCUT2D eigenvalue weighted by molar-refractivity contribution is 0.0867.